The smallest absolute Gasteiger partial charge is 0.122 e. The second kappa shape index (κ2) is 4.44. The molecule has 4 heteroatoms. The quantitative estimate of drug-likeness (QED) is 0.505. The van der Waals surface area contributed by atoms with Crippen molar-refractivity contribution in [2.45, 2.75) is 24.7 Å². The van der Waals surface area contributed by atoms with Gasteiger partial charge in [-0.3, -0.25) is 10.8 Å². The number of nitrogens with one attached hydrogen (secondary N) is 2. The van der Waals surface area contributed by atoms with Crippen molar-refractivity contribution in [1.82, 2.24) is 0 Å². The predicted octanol–water partition coefficient (Wildman–Crippen LogP) is 2.63. The zero-order chi connectivity index (χ0) is 15.4. The van der Waals surface area contributed by atoms with Crippen LogP contribution in [0.15, 0.2) is 36.4 Å². The van der Waals surface area contributed by atoms with E-state index in [1.54, 1.807) is 0 Å². The van der Waals surface area contributed by atoms with E-state index in [9.17, 15) is 0 Å². The highest BCUT2D eigenvalue weighted by Crippen LogP contribution is 2.52. The van der Waals surface area contributed by atoms with Crippen LogP contribution in [0.25, 0.3) is 0 Å². The Morgan fingerprint density at radius 3 is 1.50 bits per heavy atom. The molecule has 0 aromatic heterocycles. The summed E-state index contributed by atoms with van der Waals surface area (Å²) in [4.78, 5) is 0. The molecule has 22 heavy (non-hydrogen) atoms. The van der Waals surface area contributed by atoms with E-state index in [0.717, 1.165) is 24.0 Å². The van der Waals surface area contributed by atoms with Gasteiger partial charge in [0.25, 0.3) is 0 Å². The van der Waals surface area contributed by atoms with Crippen molar-refractivity contribution in [3.63, 3.8) is 0 Å². The minimum Gasteiger partial charge on any atom is -0.384 e. The lowest BCUT2D eigenvalue weighted by atomic mass is 9.63. The van der Waals surface area contributed by atoms with Gasteiger partial charge in [0.15, 0.2) is 0 Å². The lowest BCUT2D eigenvalue weighted by molar-refractivity contribution is 0.519. The molecule has 2 unspecified atom stereocenters. The summed E-state index contributed by atoms with van der Waals surface area (Å²) in [5, 5.41) is 15.3. The minimum absolute atomic E-state index is 0.122. The molecule has 3 aliphatic rings. The molecule has 0 saturated heterocycles. The van der Waals surface area contributed by atoms with Crippen LogP contribution in [0, 0.1) is 10.8 Å². The Morgan fingerprint density at radius 2 is 1.14 bits per heavy atom. The first-order chi connectivity index (χ1) is 10.6. The number of hydrogen-bond acceptors (Lipinski definition) is 2. The molecular formula is C18H18N4. The van der Waals surface area contributed by atoms with Crippen LogP contribution in [0.4, 0.5) is 0 Å². The SMILES string of the molecule is N=C(N)c1ccc2c(c1)C1CCC2c2cc(C(=N)N)ccc21. The molecule has 0 saturated carbocycles. The average Bonchev–Trinajstić information content (AvgIpc) is 2.54. The van der Waals surface area contributed by atoms with E-state index < -0.39 is 0 Å². The van der Waals surface area contributed by atoms with E-state index in [1.165, 1.54) is 22.3 Å². The standard InChI is InChI=1S/C18H18N4/c19-17(20)9-1-3-11-13-5-6-14(15(11)7-9)12-4-2-10(18(21)22)8-16(12)13/h1-4,7-8,13-14H,5-6H2,(H3,19,20)(H3,21,22). The van der Waals surface area contributed by atoms with Crippen molar-refractivity contribution < 1.29 is 0 Å². The highest BCUT2D eigenvalue weighted by atomic mass is 14.7. The molecule has 2 aromatic carbocycles. The lowest BCUT2D eigenvalue weighted by Gasteiger charge is -2.40. The van der Waals surface area contributed by atoms with Crippen molar-refractivity contribution >= 4 is 11.7 Å². The number of hydrogen-bond donors (Lipinski definition) is 4. The van der Waals surface area contributed by atoms with Crippen LogP contribution in [-0.4, -0.2) is 11.7 Å². The van der Waals surface area contributed by atoms with E-state index in [1.807, 2.05) is 12.1 Å². The van der Waals surface area contributed by atoms with Gasteiger partial charge < -0.3 is 11.5 Å². The molecule has 0 radical (unpaired) electrons. The van der Waals surface area contributed by atoms with E-state index in [-0.39, 0.29) is 11.7 Å². The van der Waals surface area contributed by atoms with Gasteiger partial charge in [0.2, 0.25) is 0 Å². The van der Waals surface area contributed by atoms with Gasteiger partial charge in [-0.15, -0.1) is 0 Å². The van der Waals surface area contributed by atoms with Crippen LogP contribution in [0.3, 0.4) is 0 Å². The van der Waals surface area contributed by atoms with Crippen LogP contribution >= 0.6 is 0 Å². The van der Waals surface area contributed by atoms with Gasteiger partial charge in [0.1, 0.15) is 11.7 Å². The molecule has 0 amide bonds. The van der Waals surface area contributed by atoms with Gasteiger partial charge in [0.05, 0.1) is 0 Å². The van der Waals surface area contributed by atoms with Crippen LogP contribution in [0.2, 0.25) is 0 Å². The Bertz CT molecular complexity index is 752. The Kier molecular flexibility index (Phi) is 2.64. The molecule has 2 bridgehead atoms. The normalized spacial score (nSPS) is 21.1. The van der Waals surface area contributed by atoms with E-state index >= 15 is 0 Å². The summed E-state index contributed by atoms with van der Waals surface area (Å²) in [6.45, 7) is 0. The van der Waals surface area contributed by atoms with E-state index in [4.69, 9.17) is 22.3 Å². The number of amidine groups is 2. The topological polar surface area (TPSA) is 99.7 Å². The van der Waals surface area contributed by atoms with Crippen LogP contribution in [0.1, 0.15) is 58.1 Å². The zero-order valence-electron chi connectivity index (χ0n) is 12.2. The average molecular weight is 290 g/mol. The number of fused-ring (bicyclic) bond motifs is 1. The maximum atomic E-state index is 7.65. The molecule has 2 aromatic rings. The number of rotatable bonds is 2. The molecule has 0 aliphatic heterocycles. The van der Waals surface area contributed by atoms with Gasteiger partial charge >= 0.3 is 0 Å². The van der Waals surface area contributed by atoms with Crippen LogP contribution in [0.5, 0.6) is 0 Å². The van der Waals surface area contributed by atoms with Crippen LogP contribution in [-0.2, 0) is 0 Å². The van der Waals surface area contributed by atoms with Crippen molar-refractivity contribution in [3.8, 4) is 0 Å². The van der Waals surface area contributed by atoms with Gasteiger partial charge in [-0.05, 0) is 47.2 Å². The highest BCUT2D eigenvalue weighted by Gasteiger charge is 2.37. The molecule has 3 aliphatic carbocycles. The van der Waals surface area contributed by atoms with Gasteiger partial charge in [-0.1, -0.05) is 24.3 Å². The van der Waals surface area contributed by atoms with Crippen LogP contribution < -0.4 is 11.5 Å². The Morgan fingerprint density at radius 1 is 0.727 bits per heavy atom. The number of nitrogens with two attached hydrogens (primary N) is 2. The fourth-order valence-electron chi connectivity index (χ4n) is 4.01. The van der Waals surface area contributed by atoms with Gasteiger partial charge in [-0.25, -0.2) is 0 Å². The summed E-state index contributed by atoms with van der Waals surface area (Å²) >= 11 is 0. The van der Waals surface area contributed by atoms with Crippen molar-refractivity contribution in [3.05, 3.63) is 69.8 Å². The molecule has 0 fully saturated rings. The fraction of sp³-hybridized carbons (Fsp3) is 0.222. The number of nitrogen functional groups attached to an aromatic ring is 2. The third kappa shape index (κ3) is 1.70. The van der Waals surface area contributed by atoms with Crippen molar-refractivity contribution in [2.75, 3.05) is 0 Å². The molecule has 0 heterocycles. The molecule has 6 N–H and O–H groups in total. The lowest BCUT2D eigenvalue weighted by Crippen LogP contribution is -2.26. The third-order valence-corrected chi connectivity index (χ3v) is 5.04. The molecule has 2 atom stereocenters. The third-order valence-electron chi connectivity index (χ3n) is 5.04. The summed E-state index contributed by atoms with van der Waals surface area (Å²) < 4.78 is 0. The summed E-state index contributed by atoms with van der Waals surface area (Å²) in [5.74, 6) is 0.985. The second-order valence-corrected chi connectivity index (χ2v) is 6.20. The second-order valence-electron chi connectivity index (χ2n) is 6.20. The first kappa shape index (κ1) is 13.1. The van der Waals surface area contributed by atoms with E-state index in [2.05, 4.69) is 24.3 Å². The van der Waals surface area contributed by atoms with Gasteiger partial charge in [-0.2, -0.15) is 0 Å². The molecular weight excluding hydrogens is 272 g/mol. The highest BCUT2D eigenvalue weighted by molar-refractivity contribution is 5.96. The number of benzene rings is 2. The summed E-state index contributed by atoms with van der Waals surface area (Å²) in [6.07, 6.45) is 2.26. The maximum Gasteiger partial charge on any atom is 0.122 e. The van der Waals surface area contributed by atoms with Crippen molar-refractivity contribution in [1.29, 1.82) is 10.8 Å². The van der Waals surface area contributed by atoms with E-state index in [0.29, 0.717) is 11.8 Å². The maximum absolute atomic E-state index is 7.65. The Labute approximate surface area is 129 Å². The first-order valence-electron chi connectivity index (χ1n) is 7.52. The zero-order valence-corrected chi connectivity index (χ0v) is 12.2. The van der Waals surface area contributed by atoms with Crippen molar-refractivity contribution in [2.24, 2.45) is 11.5 Å². The monoisotopic (exact) mass is 290 g/mol. The summed E-state index contributed by atoms with van der Waals surface area (Å²) in [5.41, 5.74) is 18.2. The molecule has 5 rings (SSSR count). The molecule has 4 nitrogen and oxygen atoms in total. The fourth-order valence-corrected chi connectivity index (χ4v) is 4.01. The minimum atomic E-state index is 0.122. The first-order valence-corrected chi connectivity index (χ1v) is 7.52. The summed E-state index contributed by atoms with van der Waals surface area (Å²) in [7, 11) is 0. The predicted molar refractivity (Wildman–Crippen MR) is 87.8 cm³/mol. The molecule has 0 spiro atoms. The van der Waals surface area contributed by atoms with Gasteiger partial charge in [0, 0.05) is 23.0 Å². The Hall–Kier alpha value is -2.62. The summed E-state index contributed by atoms with van der Waals surface area (Å²) in [6, 6.07) is 12.3. The largest absolute Gasteiger partial charge is 0.384 e. The Balaban J connectivity index is 1.90. The molecule has 110 valence electrons.